The number of carbonyl (C=O) groups excluding carboxylic acids is 1. The number of carbonyl (C=O) groups is 1. The van der Waals surface area contributed by atoms with E-state index in [-0.39, 0.29) is 29.7 Å². The van der Waals surface area contributed by atoms with Crippen molar-refractivity contribution in [1.82, 2.24) is 5.32 Å². The molecule has 1 fully saturated rings. The molecule has 2 N–H and O–H groups in total. The second-order valence-corrected chi connectivity index (χ2v) is 5.67. The summed E-state index contributed by atoms with van der Waals surface area (Å²) in [6.45, 7) is 4.75. The van der Waals surface area contributed by atoms with Gasteiger partial charge in [0.25, 0.3) is 0 Å². The topological polar surface area (TPSA) is 58.6 Å². The molecule has 4 heteroatoms. The van der Waals surface area contributed by atoms with Gasteiger partial charge in [0, 0.05) is 18.2 Å². The molecule has 1 unspecified atom stereocenters. The molecule has 1 atom stereocenters. The number of hydrogen-bond acceptors (Lipinski definition) is 3. The van der Waals surface area contributed by atoms with Gasteiger partial charge in [0.1, 0.15) is 5.75 Å². The molecule has 1 saturated heterocycles. The van der Waals surface area contributed by atoms with Crippen molar-refractivity contribution < 1.29 is 14.6 Å². The Morgan fingerprint density at radius 1 is 1.47 bits per heavy atom. The zero-order chi connectivity index (χ0) is 13.9. The van der Waals surface area contributed by atoms with Crippen molar-refractivity contribution in [2.24, 2.45) is 0 Å². The van der Waals surface area contributed by atoms with Crippen LogP contribution in [0.1, 0.15) is 32.3 Å². The molecule has 104 valence electrons. The smallest absolute Gasteiger partial charge is 0.224 e. The molecule has 0 radical (unpaired) electrons. The minimum absolute atomic E-state index is 0.0517. The highest BCUT2D eigenvalue weighted by Crippen LogP contribution is 2.24. The maximum atomic E-state index is 12.0. The Bertz CT molecular complexity index is 456. The maximum Gasteiger partial charge on any atom is 0.224 e. The van der Waals surface area contributed by atoms with Crippen molar-refractivity contribution in [2.45, 2.75) is 44.8 Å². The van der Waals surface area contributed by atoms with Crippen molar-refractivity contribution in [2.75, 3.05) is 6.61 Å². The van der Waals surface area contributed by atoms with Crippen LogP contribution in [-0.4, -0.2) is 29.3 Å². The van der Waals surface area contributed by atoms with Crippen LogP contribution < -0.4 is 5.32 Å². The van der Waals surface area contributed by atoms with Gasteiger partial charge in [-0.1, -0.05) is 18.2 Å². The fraction of sp³-hybridized carbons (Fsp3) is 0.533. The monoisotopic (exact) mass is 263 g/mol. The SMILES string of the molecule is CC1(C)CC(NC(=O)Cc2ccccc2O)CCO1. The summed E-state index contributed by atoms with van der Waals surface area (Å²) in [6, 6.07) is 7.09. The third kappa shape index (κ3) is 3.96. The van der Waals surface area contributed by atoms with Gasteiger partial charge in [0.15, 0.2) is 0 Å². The molecule has 0 bridgehead atoms. The standard InChI is InChI=1S/C15H21NO3/c1-15(2)10-12(7-8-19-15)16-14(18)9-11-5-3-4-6-13(11)17/h3-6,12,17H,7-10H2,1-2H3,(H,16,18). The highest BCUT2D eigenvalue weighted by molar-refractivity contribution is 5.79. The van der Waals surface area contributed by atoms with Crippen LogP contribution in [0.4, 0.5) is 0 Å². The lowest BCUT2D eigenvalue weighted by molar-refractivity contribution is -0.123. The van der Waals surface area contributed by atoms with Gasteiger partial charge < -0.3 is 15.2 Å². The Balaban J connectivity index is 1.90. The highest BCUT2D eigenvalue weighted by atomic mass is 16.5. The van der Waals surface area contributed by atoms with E-state index in [1.54, 1.807) is 18.2 Å². The fourth-order valence-electron chi connectivity index (χ4n) is 2.47. The zero-order valence-electron chi connectivity index (χ0n) is 11.5. The van der Waals surface area contributed by atoms with Crippen LogP contribution in [-0.2, 0) is 16.0 Å². The predicted octanol–water partition coefficient (Wildman–Crippen LogP) is 2.01. The second-order valence-electron chi connectivity index (χ2n) is 5.67. The number of aromatic hydroxyl groups is 1. The molecule has 1 heterocycles. The van der Waals surface area contributed by atoms with Crippen LogP contribution in [0, 0.1) is 0 Å². The fourth-order valence-corrected chi connectivity index (χ4v) is 2.47. The third-order valence-electron chi connectivity index (χ3n) is 3.40. The number of rotatable bonds is 3. The molecule has 0 saturated carbocycles. The highest BCUT2D eigenvalue weighted by Gasteiger charge is 2.29. The van der Waals surface area contributed by atoms with Crippen LogP contribution >= 0.6 is 0 Å². The average Bonchev–Trinajstić information content (AvgIpc) is 2.30. The number of ether oxygens (including phenoxy) is 1. The Kier molecular flexibility index (Phi) is 4.10. The van der Waals surface area contributed by atoms with Crippen LogP contribution in [0.15, 0.2) is 24.3 Å². The summed E-state index contributed by atoms with van der Waals surface area (Å²) in [5, 5.41) is 12.7. The number of phenols is 1. The third-order valence-corrected chi connectivity index (χ3v) is 3.40. The van der Waals surface area contributed by atoms with E-state index in [2.05, 4.69) is 5.32 Å². The van der Waals surface area contributed by atoms with Crippen molar-refractivity contribution in [3.63, 3.8) is 0 Å². The Labute approximate surface area is 113 Å². The number of hydrogen-bond donors (Lipinski definition) is 2. The number of phenolic OH excluding ortho intramolecular Hbond substituents is 1. The normalized spacial score (nSPS) is 21.9. The van der Waals surface area contributed by atoms with Gasteiger partial charge in [-0.15, -0.1) is 0 Å². The molecular formula is C15H21NO3. The van der Waals surface area contributed by atoms with E-state index in [1.807, 2.05) is 19.9 Å². The first-order valence-electron chi connectivity index (χ1n) is 6.66. The van der Waals surface area contributed by atoms with E-state index in [0.29, 0.717) is 12.2 Å². The van der Waals surface area contributed by atoms with Crippen molar-refractivity contribution in [1.29, 1.82) is 0 Å². The first-order chi connectivity index (χ1) is 8.96. The van der Waals surface area contributed by atoms with Gasteiger partial charge >= 0.3 is 0 Å². The lowest BCUT2D eigenvalue weighted by Gasteiger charge is -2.35. The quantitative estimate of drug-likeness (QED) is 0.877. The van der Waals surface area contributed by atoms with E-state index >= 15 is 0 Å². The van der Waals surface area contributed by atoms with E-state index in [9.17, 15) is 9.90 Å². The number of nitrogens with one attached hydrogen (secondary N) is 1. The first kappa shape index (κ1) is 13.9. The van der Waals surface area contributed by atoms with E-state index in [0.717, 1.165) is 12.8 Å². The van der Waals surface area contributed by atoms with E-state index < -0.39 is 0 Å². The second kappa shape index (κ2) is 5.61. The van der Waals surface area contributed by atoms with Gasteiger partial charge in [-0.25, -0.2) is 0 Å². The summed E-state index contributed by atoms with van der Waals surface area (Å²) >= 11 is 0. The van der Waals surface area contributed by atoms with Crippen LogP contribution in [0.2, 0.25) is 0 Å². The molecule has 1 aromatic rings. The minimum Gasteiger partial charge on any atom is -0.508 e. The number of benzene rings is 1. The summed E-state index contributed by atoms with van der Waals surface area (Å²) in [7, 11) is 0. The Morgan fingerprint density at radius 2 is 2.21 bits per heavy atom. The van der Waals surface area contributed by atoms with Gasteiger partial charge in [-0.3, -0.25) is 4.79 Å². The molecule has 1 amide bonds. The lowest BCUT2D eigenvalue weighted by atomic mass is 9.94. The molecule has 1 aliphatic rings. The van der Waals surface area contributed by atoms with Gasteiger partial charge in [-0.05, 0) is 32.8 Å². The van der Waals surface area contributed by atoms with Gasteiger partial charge in [-0.2, -0.15) is 0 Å². The molecule has 1 aromatic carbocycles. The summed E-state index contributed by atoms with van der Waals surface area (Å²) in [5.41, 5.74) is 0.483. The van der Waals surface area contributed by atoms with Crippen molar-refractivity contribution in [3.05, 3.63) is 29.8 Å². The van der Waals surface area contributed by atoms with Gasteiger partial charge in [0.2, 0.25) is 5.91 Å². The van der Waals surface area contributed by atoms with Crippen LogP contribution in [0.25, 0.3) is 0 Å². The van der Waals surface area contributed by atoms with Crippen LogP contribution in [0.5, 0.6) is 5.75 Å². The molecular weight excluding hydrogens is 242 g/mol. The molecule has 0 spiro atoms. The van der Waals surface area contributed by atoms with Crippen molar-refractivity contribution >= 4 is 5.91 Å². The molecule has 1 aliphatic heterocycles. The lowest BCUT2D eigenvalue weighted by Crippen LogP contribution is -2.46. The zero-order valence-corrected chi connectivity index (χ0v) is 11.5. The number of amides is 1. The maximum absolute atomic E-state index is 12.0. The average molecular weight is 263 g/mol. The predicted molar refractivity (Wildman–Crippen MR) is 73.0 cm³/mol. The Hall–Kier alpha value is -1.55. The summed E-state index contributed by atoms with van der Waals surface area (Å²) < 4.78 is 5.62. The molecule has 0 aliphatic carbocycles. The summed E-state index contributed by atoms with van der Waals surface area (Å²) in [4.78, 5) is 12.0. The minimum atomic E-state index is -0.176. The summed E-state index contributed by atoms with van der Waals surface area (Å²) in [5.74, 6) is 0.120. The first-order valence-corrected chi connectivity index (χ1v) is 6.66. The number of para-hydroxylation sites is 1. The summed E-state index contributed by atoms with van der Waals surface area (Å²) in [6.07, 6.45) is 1.87. The molecule has 19 heavy (non-hydrogen) atoms. The Morgan fingerprint density at radius 3 is 2.89 bits per heavy atom. The molecule has 2 rings (SSSR count). The molecule has 0 aromatic heterocycles. The van der Waals surface area contributed by atoms with Crippen LogP contribution in [0.3, 0.4) is 0 Å². The van der Waals surface area contributed by atoms with E-state index in [4.69, 9.17) is 4.74 Å². The largest absolute Gasteiger partial charge is 0.508 e. The molecule has 4 nitrogen and oxygen atoms in total. The van der Waals surface area contributed by atoms with Gasteiger partial charge in [0.05, 0.1) is 12.0 Å². The van der Waals surface area contributed by atoms with E-state index in [1.165, 1.54) is 0 Å². The van der Waals surface area contributed by atoms with Crippen molar-refractivity contribution in [3.8, 4) is 5.75 Å².